The van der Waals surface area contributed by atoms with Gasteiger partial charge in [-0.3, -0.25) is 4.79 Å². The number of amides is 1. The summed E-state index contributed by atoms with van der Waals surface area (Å²) in [6.45, 7) is 0.787. The minimum absolute atomic E-state index is 0.0265. The number of hydrogen-bond donors (Lipinski definition) is 2. The first-order chi connectivity index (χ1) is 10.2. The van der Waals surface area contributed by atoms with Crippen LogP contribution in [0.15, 0.2) is 18.3 Å². The molecule has 1 aromatic rings. The van der Waals surface area contributed by atoms with Crippen LogP contribution in [0.5, 0.6) is 0 Å². The van der Waals surface area contributed by atoms with E-state index >= 15 is 0 Å². The van der Waals surface area contributed by atoms with Crippen molar-refractivity contribution < 1.29 is 9.90 Å². The van der Waals surface area contributed by atoms with Crippen molar-refractivity contribution in [3.8, 4) is 11.8 Å². The summed E-state index contributed by atoms with van der Waals surface area (Å²) in [5.74, 6) is 6.43. The van der Waals surface area contributed by atoms with Gasteiger partial charge in [0.05, 0.1) is 12.2 Å². The van der Waals surface area contributed by atoms with Crippen molar-refractivity contribution >= 4 is 5.91 Å². The molecule has 2 fully saturated rings. The van der Waals surface area contributed by atoms with Gasteiger partial charge < -0.3 is 10.4 Å². The van der Waals surface area contributed by atoms with Crippen LogP contribution in [-0.2, 0) is 0 Å². The summed E-state index contributed by atoms with van der Waals surface area (Å²) in [5.41, 5.74) is 1.39. The predicted octanol–water partition coefficient (Wildman–Crippen LogP) is 1.74. The summed E-state index contributed by atoms with van der Waals surface area (Å²) in [5, 5.41) is 11.8. The number of hydrogen-bond acceptors (Lipinski definition) is 3. The lowest BCUT2D eigenvalue weighted by Gasteiger charge is -2.15. The van der Waals surface area contributed by atoms with Crippen LogP contribution in [0.2, 0.25) is 0 Å². The van der Waals surface area contributed by atoms with E-state index < -0.39 is 0 Å². The maximum absolute atomic E-state index is 12.3. The highest BCUT2D eigenvalue weighted by Crippen LogP contribution is 2.60. The summed E-state index contributed by atoms with van der Waals surface area (Å²) in [7, 11) is 0. The van der Waals surface area contributed by atoms with E-state index in [4.69, 9.17) is 5.11 Å². The van der Waals surface area contributed by atoms with Crippen LogP contribution in [0.4, 0.5) is 0 Å². The Balaban J connectivity index is 1.65. The molecule has 4 nitrogen and oxygen atoms in total. The van der Waals surface area contributed by atoms with E-state index in [9.17, 15) is 4.79 Å². The van der Waals surface area contributed by atoms with Gasteiger partial charge in [-0.25, -0.2) is 4.98 Å². The first-order valence-corrected chi connectivity index (χ1v) is 7.58. The Hall–Kier alpha value is -1.86. The first-order valence-electron chi connectivity index (χ1n) is 7.58. The Labute approximate surface area is 125 Å². The maximum atomic E-state index is 12.3. The van der Waals surface area contributed by atoms with Gasteiger partial charge in [-0.15, -0.1) is 0 Å². The SMILES string of the molecule is O=C(NCC1(C2CC2)CC1)c1ncccc1C#CCCO. The molecule has 0 saturated heterocycles. The van der Waals surface area contributed by atoms with E-state index in [-0.39, 0.29) is 12.5 Å². The molecule has 0 radical (unpaired) electrons. The molecule has 2 N–H and O–H groups in total. The molecule has 1 heterocycles. The number of carbonyl (C=O) groups is 1. The lowest BCUT2D eigenvalue weighted by atomic mass is 10.0. The number of aromatic nitrogens is 1. The Morgan fingerprint density at radius 3 is 2.95 bits per heavy atom. The lowest BCUT2D eigenvalue weighted by molar-refractivity contribution is 0.0937. The summed E-state index contributed by atoms with van der Waals surface area (Å²) in [6, 6.07) is 3.56. The molecule has 0 atom stereocenters. The molecule has 0 unspecified atom stereocenters. The summed E-state index contributed by atoms with van der Waals surface area (Å²) in [6.07, 6.45) is 7.13. The summed E-state index contributed by atoms with van der Waals surface area (Å²) >= 11 is 0. The van der Waals surface area contributed by atoms with Crippen molar-refractivity contribution in [2.24, 2.45) is 11.3 Å². The smallest absolute Gasteiger partial charge is 0.271 e. The second-order valence-electron chi connectivity index (χ2n) is 5.99. The maximum Gasteiger partial charge on any atom is 0.271 e. The Bertz CT molecular complexity index is 592. The van der Waals surface area contributed by atoms with E-state index in [1.54, 1.807) is 18.3 Å². The van der Waals surface area contributed by atoms with Gasteiger partial charge in [0.2, 0.25) is 0 Å². The van der Waals surface area contributed by atoms with Crippen LogP contribution >= 0.6 is 0 Å². The van der Waals surface area contributed by atoms with Crippen molar-refractivity contribution in [1.29, 1.82) is 0 Å². The molecule has 4 heteroatoms. The third-order valence-corrected chi connectivity index (χ3v) is 4.42. The highest BCUT2D eigenvalue weighted by molar-refractivity contribution is 5.94. The van der Waals surface area contributed by atoms with Gasteiger partial charge in [0.25, 0.3) is 5.91 Å². The Morgan fingerprint density at radius 1 is 1.48 bits per heavy atom. The fraction of sp³-hybridized carbons (Fsp3) is 0.529. The quantitative estimate of drug-likeness (QED) is 0.810. The predicted molar refractivity (Wildman–Crippen MR) is 79.5 cm³/mol. The first kappa shape index (κ1) is 14.1. The van der Waals surface area contributed by atoms with Crippen LogP contribution in [0.25, 0.3) is 0 Å². The van der Waals surface area contributed by atoms with Crippen LogP contribution in [-0.4, -0.2) is 29.1 Å². The van der Waals surface area contributed by atoms with Gasteiger partial charge in [0, 0.05) is 19.2 Å². The fourth-order valence-corrected chi connectivity index (χ4v) is 2.83. The van der Waals surface area contributed by atoms with E-state index in [1.165, 1.54) is 25.7 Å². The zero-order chi connectivity index (χ0) is 14.7. The molecule has 0 aliphatic heterocycles. The lowest BCUT2D eigenvalue weighted by Crippen LogP contribution is -2.32. The number of aliphatic hydroxyl groups excluding tert-OH is 1. The molecular formula is C17H20N2O2. The highest BCUT2D eigenvalue weighted by Gasteiger charge is 2.53. The van der Waals surface area contributed by atoms with E-state index in [1.807, 2.05) is 0 Å². The molecule has 3 rings (SSSR count). The van der Waals surface area contributed by atoms with Crippen LogP contribution in [0.3, 0.4) is 0 Å². The van der Waals surface area contributed by atoms with Gasteiger partial charge in [0.1, 0.15) is 5.69 Å². The second kappa shape index (κ2) is 5.87. The minimum atomic E-state index is -0.143. The third kappa shape index (κ3) is 3.25. The van der Waals surface area contributed by atoms with Gasteiger partial charge in [-0.2, -0.15) is 0 Å². The molecule has 0 aromatic carbocycles. The number of carbonyl (C=O) groups excluding carboxylic acids is 1. The van der Waals surface area contributed by atoms with Crippen molar-refractivity contribution in [2.75, 3.05) is 13.2 Å². The molecule has 1 amide bonds. The van der Waals surface area contributed by atoms with Crippen molar-refractivity contribution in [3.63, 3.8) is 0 Å². The normalized spacial score (nSPS) is 18.5. The van der Waals surface area contributed by atoms with Crippen LogP contribution < -0.4 is 5.32 Å². The average Bonchev–Trinajstić information content (AvgIpc) is 3.38. The summed E-state index contributed by atoms with van der Waals surface area (Å²) < 4.78 is 0. The number of rotatable bonds is 5. The molecular weight excluding hydrogens is 264 g/mol. The standard InChI is InChI=1S/C17H20N2O2/c20-11-2-1-4-13-5-3-10-18-15(13)16(21)19-12-17(8-9-17)14-6-7-14/h3,5,10,14,20H,2,6-9,11-12H2,(H,19,21). The van der Waals surface area contributed by atoms with Gasteiger partial charge in [-0.1, -0.05) is 11.8 Å². The Morgan fingerprint density at radius 2 is 2.29 bits per heavy atom. The van der Waals surface area contributed by atoms with Crippen molar-refractivity contribution in [2.45, 2.75) is 32.1 Å². The van der Waals surface area contributed by atoms with Crippen LogP contribution in [0, 0.1) is 23.2 Å². The molecule has 0 bridgehead atoms. The number of aliphatic hydroxyl groups is 1. The zero-order valence-electron chi connectivity index (χ0n) is 12.1. The Kier molecular flexibility index (Phi) is 3.94. The van der Waals surface area contributed by atoms with Crippen LogP contribution in [0.1, 0.15) is 48.2 Å². The number of pyridine rings is 1. The molecule has 21 heavy (non-hydrogen) atoms. The number of nitrogens with zero attached hydrogens (tertiary/aromatic N) is 1. The van der Waals surface area contributed by atoms with E-state index in [0.717, 1.165) is 12.5 Å². The van der Waals surface area contributed by atoms with Crippen molar-refractivity contribution in [1.82, 2.24) is 10.3 Å². The number of nitrogens with one attached hydrogen (secondary N) is 1. The van der Waals surface area contributed by atoms with Gasteiger partial charge in [0.15, 0.2) is 0 Å². The molecule has 2 aliphatic rings. The van der Waals surface area contributed by atoms with Crippen molar-refractivity contribution in [3.05, 3.63) is 29.6 Å². The van der Waals surface area contributed by atoms with Gasteiger partial charge >= 0.3 is 0 Å². The minimum Gasteiger partial charge on any atom is -0.395 e. The third-order valence-electron chi connectivity index (χ3n) is 4.42. The summed E-state index contributed by atoms with van der Waals surface area (Å²) in [4.78, 5) is 16.5. The molecule has 0 spiro atoms. The van der Waals surface area contributed by atoms with E-state index in [2.05, 4.69) is 22.1 Å². The largest absolute Gasteiger partial charge is 0.395 e. The highest BCUT2D eigenvalue weighted by atomic mass is 16.2. The molecule has 1 aromatic heterocycles. The second-order valence-corrected chi connectivity index (χ2v) is 5.99. The monoisotopic (exact) mass is 284 g/mol. The van der Waals surface area contributed by atoms with Gasteiger partial charge in [-0.05, 0) is 49.1 Å². The van der Waals surface area contributed by atoms with E-state index in [0.29, 0.717) is 23.1 Å². The average molecular weight is 284 g/mol. The molecule has 110 valence electrons. The molecule has 2 aliphatic carbocycles. The fourth-order valence-electron chi connectivity index (χ4n) is 2.83. The zero-order valence-corrected chi connectivity index (χ0v) is 12.1. The molecule has 2 saturated carbocycles. The topological polar surface area (TPSA) is 62.2 Å².